The van der Waals surface area contributed by atoms with Crippen molar-refractivity contribution < 1.29 is 26.7 Å². The number of carbonyl (C=O) groups is 1. The number of rotatable bonds is 5. The number of imidazole rings is 1. The fourth-order valence-corrected chi connectivity index (χ4v) is 2.52. The topological polar surface area (TPSA) is 59.3 Å². The highest BCUT2D eigenvalue weighted by Crippen LogP contribution is 2.33. The molecule has 5 nitrogen and oxygen atoms in total. The van der Waals surface area contributed by atoms with Gasteiger partial charge in [0.05, 0.1) is 17.8 Å². The Kier molecular flexibility index (Phi) is 5.39. The summed E-state index contributed by atoms with van der Waals surface area (Å²) in [5.74, 6) is -1.65. The Hall–Kier alpha value is -3.30. The van der Waals surface area contributed by atoms with E-state index in [1.807, 2.05) is 0 Å². The van der Waals surface area contributed by atoms with E-state index in [1.54, 1.807) is 6.20 Å². The van der Waals surface area contributed by atoms with Gasteiger partial charge in [0.25, 0.3) is 0 Å². The van der Waals surface area contributed by atoms with Crippen molar-refractivity contribution in [1.82, 2.24) is 19.7 Å². The molecule has 0 radical (unpaired) electrons. The van der Waals surface area contributed by atoms with E-state index in [2.05, 4.69) is 15.3 Å². The van der Waals surface area contributed by atoms with Crippen LogP contribution in [0.2, 0.25) is 0 Å². The van der Waals surface area contributed by atoms with Crippen LogP contribution in [0.3, 0.4) is 0 Å². The molecule has 0 fully saturated rings. The van der Waals surface area contributed by atoms with Crippen molar-refractivity contribution in [3.8, 4) is 11.3 Å². The Morgan fingerprint density at radius 2 is 2.07 bits per heavy atom. The summed E-state index contributed by atoms with van der Waals surface area (Å²) < 4.78 is 66.2. The van der Waals surface area contributed by atoms with Gasteiger partial charge < -0.3 is 9.72 Å². The SMILES string of the molecule is O=C(/C=C/CF)NCc1cn2ccnc2c(-c2ccc(C(F)(F)F)cc2F)n1. The van der Waals surface area contributed by atoms with Crippen LogP contribution in [-0.2, 0) is 17.5 Å². The number of amides is 1. The van der Waals surface area contributed by atoms with Crippen molar-refractivity contribution in [2.75, 3.05) is 6.67 Å². The number of allylic oxidation sites excluding steroid dienone is 1. The molecule has 3 rings (SSSR count). The summed E-state index contributed by atoms with van der Waals surface area (Å²) in [4.78, 5) is 19.8. The number of benzene rings is 1. The Morgan fingerprint density at radius 3 is 2.75 bits per heavy atom. The molecule has 0 bridgehead atoms. The van der Waals surface area contributed by atoms with Crippen LogP contribution < -0.4 is 5.32 Å². The molecule has 0 aliphatic carbocycles. The van der Waals surface area contributed by atoms with Gasteiger partial charge in [-0.25, -0.2) is 18.7 Å². The van der Waals surface area contributed by atoms with Crippen LogP contribution in [0.5, 0.6) is 0 Å². The smallest absolute Gasteiger partial charge is 0.347 e. The van der Waals surface area contributed by atoms with Crippen LogP contribution in [0.1, 0.15) is 11.3 Å². The maximum Gasteiger partial charge on any atom is 0.416 e. The van der Waals surface area contributed by atoms with Crippen LogP contribution in [0.25, 0.3) is 16.9 Å². The summed E-state index contributed by atoms with van der Waals surface area (Å²) >= 11 is 0. The molecule has 146 valence electrons. The molecular weight excluding hydrogens is 383 g/mol. The maximum absolute atomic E-state index is 14.4. The summed E-state index contributed by atoms with van der Waals surface area (Å²) in [7, 11) is 0. The number of halogens is 5. The number of nitrogens with zero attached hydrogens (tertiary/aromatic N) is 3. The number of aromatic nitrogens is 3. The second-order valence-corrected chi connectivity index (χ2v) is 5.71. The Morgan fingerprint density at radius 1 is 1.29 bits per heavy atom. The van der Waals surface area contributed by atoms with E-state index in [1.165, 1.54) is 16.8 Å². The van der Waals surface area contributed by atoms with Crippen molar-refractivity contribution in [1.29, 1.82) is 0 Å². The second-order valence-electron chi connectivity index (χ2n) is 5.71. The lowest BCUT2D eigenvalue weighted by Crippen LogP contribution is -2.21. The molecule has 0 saturated carbocycles. The third-order valence-corrected chi connectivity index (χ3v) is 3.78. The minimum absolute atomic E-state index is 0.0299. The molecule has 0 saturated heterocycles. The first kappa shape index (κ1) is 19.5. The number of hydrogen-bond acceptors (Lipinski definition) is 3. The predicted molar refractivity (Wildman–Crippen MR) is 90.3 cm³/mol. The van der Waals surface area contributed by atoms with Crippen molar-refractivity contribution >= 4 is 11.6 Å². The molecule has 2 heterocycles. The van der Waals surface area contributed by atoms with Gasteiger partial charge in [0.1, 0.15) is 18.2 Å². The Labute approximate surface area is 155 Å². The number of nitrogens with one attached hydrogen (secondary N) is 1. The zero-order valence-corrected chi connectivity index (χ0v) is 14.2. The van der Waals surface area contributed by atoms with E-state index in [0.717, 1.165) is 24.3 Å². The third-order valence-electron chi connectivity index (χ3n) is 3.78. The summed E-state index contributed by atoms with van der Waals surface area (Å²) in [5.41, 5.74) is -0.694. The maximum atomic E-state index is 14.4. The number of hydrogen-bond donors (Lipinski definition) is 1. The minimum Gasteiger partial charge on any atom is -0.347 e. The second kappa shape index (κ2) is 7.75. The largest absolute Gasteiger partial charge is 0.416 e. The van der Waals surface area contributed by atoms with Crippen molar-refractivity contribution in [2.45, 2.75) is 12.7 Å². The molecule has 28 heavy (non-hydrogen) atoms. The summed E-state index contributed by atoms with van der Waals surface area (Å²) in [6.45, 7) is -0.844. The zero-order chi connectivity index (χ0) is 20.3. The fraction of sp³-hybridized carbons (Fsp3) is 0.167. The van der Waals surface area contributed by atoms with Crippen molar-refractivity contribution in [3.05, 3.63) is 66.0 Å². The van der Waals surface area contributed by atoms with Crippen LogP contribution in [0.4, 0.5) is 22.0 Å². The molecule has 3 aromatic rings. The summed E-state index contributed by atoms with van der Waals surface area (Å²) in [5, 5.41) is 2.48. The van der Waals surface area contributed by atoms with Gasteiger partial charge in [0.15, 0.2) is 5.65 Å². The van der Waals surface area contributed by atoms with Crippen LogP contribution in [-0.4, -0.2) is 27.0 Å². The summed E-state index contributed by atoms with van der Waals surface area (Å²) in [6.07, 6.45) is 1.89. The lowest BCUT2D eigenvalue weighted by atomic mass is 10.1. The van der Waals surface area contributed by atoms with E-state index in [0.29, 0.717) is 11.8 Å². The molecule has 0 spiro atoms. The Balaban J connectivity index is 1.98. The van der Waals surface area contributed by atoms with E-state index < -0.39 is 30.1 Å². The van der Waals surface area contributed by atoms with Gasteiger partial charge in [-0.1, -0.05) is 0 Å². The Bertz CT molecular complexity index is 1040. The molecule has 0 aliphatic rings. The molecule has 0 atom stereocenters. The van der Waals surface area contributed by atoms with E-state index in [9.17, 15) is 26.7 Å². The standard InChI is InChI=1S/C18H13F5N4O/c19-5-1-2-15(28)25-9-12-10-27-7-6-24-17(27)16(26-12)13-4-3-11(8-14(13)20)18(21,22)23/h1-4,6-8,10H,5,9H2,(H,25,28)/b2-1+. The monoisotopic (exact) mass is 396 g/mol. The van der Waals surface area contributed by atoms with Crippen molar-refractivity contribution in [2.24, 2.45) is 0 Å². The van der Waals surface area contributed by atoms with Crippen LogP contribution in [0, 0.1) is 5.82 Å². The highest BCUT2D eigenvalue weighted by Gasteiger charge is 2.31. The molecule has 1 N–H and O–H groups in total. The van der Waals surface area contributed by atoms with Gasteiger partial charge in [-0.05, 0) is 24.3 Å². The van der Waals surface area contributed by atoms with Gasteiger partial charge in [0.2, 0.25) is 5.91 Å². The lowest BCUT2D eigenvalue weighted by Gasteiger charge is -2.11. The fourth-order valence-electron chi connectivity index (χ4n) is 2.52. The molecule has 0 aliphatic heterocycles. The molecule has 2 aromatic heterocycles. The highest BCUT2D eigenvalue weighted by molar-refractivity contribution is 5.87. The molecule has 1 aromatic carbocycles. The average molecular weight is 396 g/mol. The predicted octanol–water partition coefficient (Wildman–Crippen LogP) is 3.70. The van der Waals surface area contributed by atoms with Gasteiger partial charge in [-0.15, -0.1) is 0 Å². The van der Waals surface area contributed by atoms with Gasteiger partial charge >= 0.3 is 6.18 Å². The first-order chi connectivity index (χ1) is 13.3. The molecule has 0 unspecified atom stereocenters. The molecule has 1 amide bonds. The highest BCUT2D eigenvalue weighted by atomic mass is 19.4. The number of carbonyl (C=O) groups excluding carboxylic acids is 1. The average Bonchev–Trinajstić information content (AvgIpc) is 3.12. The summed E-state index contributed by atoms with van der Waals surface area (Å²) in [6, 6.07) is 2.14. The quantitative estimate of drug-likeness (QED) is 0.529. The number of alkyl halides is 4. The van der Waals surface area contributed by atoms with Gasteiger partial charge in [-0.3, -0.25) is 4.79 Å². The normalized spacial score (nSPS) is 12.0. The zero-order valence-electron chi connectivity index (χ0n) is 14.2. The lowest BCUT2D eigenvalue weighted by molar-refractivity contribution is -0.137. The first-order valence-corrected chi connectivity index (χ1v) is 7.99. The number of fused-ring (bicyclic) bond motifs is 1. The van der Waals surface area contributed by atoms with E-state index in [4.69, 9.17) is 0 Å². The minimum atomic E-state index is -4.67. The third kappa shape index (κ3) is 4.16. The van der Waals surface area contributed by atoms with Crippen LogP contribution in [0.15, 0.2) is 48.9 Å². The van der Waals surface area contributed by atoms with Crippen molar-refractivity contribution in [3.63, 3.8) is 0 Å². The van der Waals surface area contributed by atoms with Gasteiger partial charge in [0, 0.05) is 30.2 Å². The molecule has 10 heteroatoms. The molecular formula is C18H13F5N4O. The van der Waals surface area contributed by atoms with Gasteiger partial charge in [-0.2, -0.15) is 13.2 Å². The van der Waals surface area contributed by atoms with Crippen LogP contribution >= 0.6 is 0 Å². The first-order valence-electron chi connectivity index (χ1n) is 7.99. The van der Waals surface area contributed by atoms with E-state index >= 15 is 0 Å². The van der Waals surface area contributed by atoms with E-state index in [-0.39, 0.29) is 23.4 Å².